The summed E-state index contributed by atoms with van der Waals surface area (Å²) in [5.74, 6) is 1.24. The van der Waals surface area contributed by atoms with Crippen molar-refractivity contribution < 1.29 is 9.53 Å². The highest BCUT2D eigenvalue weighted by Crippen LogP contribution is 2.18. The summed E-state index contributed by atoms with van der Waals surface area (Å²) in [6.45, 7) is 4.68. The van der Waals surface area contributed by atoms with Crippen LogP contribution in [0, 0.1) is 0 Å². The van der Waals surface area contributed by atoms with Crippen LogP contribution in [-0.2, 0) is 22.5 Å². The quantitative estimate of drug-likeness (QED) is 0.710. The SMILES string of the molecule is CCCn1c(CCCCCNC(=O)C2CCCO2)nc2ccccc21. The molecule has 0 saturated carbocycles. The zero-order valence-corrected chi connectivity index (χ0v) is 15.2. The van der Waals surface area contributed by atoms with Crippen LogP contribution in [0.15, 0.2) is 24.3 Å². The number of nitrogens with one attached hydrogen (secondary N) is 1. The van der Waals surface area contributed by atoms with Gasteiger partial charge in [0.15, 0.2) is 0 Å². The van der Waals surface area contributed by atoms with Gasteiger partial charge in [0.05, 0.1) is 11.0 Å². The molecule has 1 aliphatic rings. The second-order valence-corrected chi connectivity index (χ2v) is 6.77. The summed E-state index contributed by atoms with van der Waals surface area (Å²) >= 11 is 0. The standard InChI is InChI=1S/C20H29N3O2/c1-2-14-23-17-10-6-5-9-16(17)22-19(23)12-4-3-7-13-21-20(24)18-11-8-15-25-18/h5-6,9-10,18H,2-4,7-8,11-15H2,1H3,(H,21,24). The molecule has 1 aromatic carbocycles. The number of para-hydroxylation sites is 2. The number of fused-ring (bicyclic) bond motifs is 1. The summed E-state index contributed by atoms with van der Waals surface area (Å²) in [6.07, 6.45) is 6.96. The van der Waals surface area contributed by atoms with Crippen LogP contribution in [0.1, 0.15) is 51.3 Å². The molecule has 2 aromatic rings. The smallest absolute Gasteiger partial charge is 0.249 e. The maximum Gasteiger partial charge on any atom is 0.249 e. The van der Waals surface area contributed by atoms with Gasteiger partial charge < -0.3 is 14.6 Å². The van der Waals surface area contributed by atoms with Gasteiger partial charge in [0.2, 0.25) is 5.91 Å². The fourth-order valence-corrected chi connectivity index (χ4v) is 3.48. The van der Waals surface area contributed by atoms with Crippen LogP contribution >= 0.6 is 0 Å². The number of benzene rings is 1. The lowest BCUT2D eigenvalue weighted by atomic mass is 10.1. The number of ether oxygens (including phenoxy) is 1. The van der Waals surface area contributed by atoms with Crippen LogP contribution in [0.2, 0.25) is 0 Å². The minimum absolute atomic E-state index is 0.0576. The van der Waals surface area contributed by atoms with Crippen molar-refractivity contribution in [3.05, 3.63) is 30.1 Å². The van der Waals surface area contributed by atoms with Crippen molar-refractivity contribution in [3.63, 3.8) is 0 Å². The molecule has 5 nitrogen and oxygen atoms in total. The third kappa shape index (κ3) is 4.60. The molecule has 3 rings (SSSR count). The Morgan fingerprint density at radius 2 is 2.20 bits per heavy atom. The van der Waals surface area contributed by atoms with E-state index in [1.807, 2.05) is 6.07 Å². The molecule has 0 spiro atoms. The summed E-state index contributed by atoms with van der Waals surface area (Å²) in [6, 6.07) is 8.37. The molecule has 1 saturated heterocycles. The van der Waals surface area contributed by atoms with Gasteiger partial charge in [-0.25, -0.2) is 4.98 Å². The number of unbranched alkanes of at least 4 members (excludes halogenated alkanes) is 2. The Bertz CT molecular complexity index is 689. The lowest BCUT2D eigenvalue weighted by Gasteiger charge is -2.10. The number of hydrogen-bond acceptors (Lipinski definition) is 3. The van der Waals surface area contributed by atoms with Crippen molar-refractivity contribution in [1.29, 1.82) is 0 Å². The van der Waals surface area contributed by atoms with Crippen molar-refractivity contribution in [3.8, 4) is 0 Å². The average Bonchev–Trinajstić information content (AvgIpc) is 3.27. The highest BCUT2D eigenvalue weighted by atomic mass is 16.5. The zero-order valence-electron chi connectivity index (χ0n) is 15.2. The summed E-state index contributed by atoms with van der Waals surface area (Å²) in [4.78, 5) is 16.7. The number of hydrogen-bond donors (Lipinski definition) is 1. The molecule has 0 bridgehead atoms. The molecule has 1 aromatic heterocycles. The fourth-order valence-electron chi connectivity index (χ4n) is 3.48. The summed E-state index contributed by atoms with van der Waals surface area (Å²) < 4.78 is 7.75. The predicted molar refractivity (Wildman–Crippen MR) is 99.6 cm³/mol. The monoisotopic (exact) mass is 343 g/mol. The molecule has 2 heterocycles. The molecule has 0 radical (unpaired) electrons. The minimum atomic E-state index is -0.214. The largest absolute Gasteiger partial charge is 0.368 e. The van der Waals surface area contributed by atoms with Crippen LogP contribution in [0.25, 0.3) is 11.0 Å². The van der Waals surface area contributed by atoms with Gasteiger partial charge in [0, 0.05) is 26.1 Å². The lowest BCUT2D eigenvalue weighted by Crippen LogP contribution is -2.34. The van der Waals surface area contributed by atoms with Gasteiger partial charge in [-0.1, -0.05) is 25.5 Å². The first-order valence-electron chi connectivity index (χ1n) is 9.63. The normalized spacial score (nSPS) is 17.2. The predicted octanol–water partition coefficient (Wildman–Crippen LogP) is 3.45. The first-order valence-corrected chi connectivity index (χ1v) is 9.63. The number of carbonyl (C=O) groups excluding carboxylic acids is 1. The van der Waals surface area contributed by atoms with E-state index < -0.39 is 0 Å². The molecular weight excluding hydrogens is 314 g/mol. The van der Waals surface area contributed by atoms with Crippen LogP contribution < -0.4 is 5.32 Å². The molecule has 1 amide bonds. The molecule has 25 heavy (non-hydrogen) atoms. The Balaban J connectivity index is 1.42. The van der Waals surface area contributed by atoms with Crippen LogP contribution in [0.4, 0.5) is 0 Å². The van der Waals surface area contributed by atoms with E-state index in [0.717, 1.165) is 70.2 Å². The van der Waals surface area contributed by atoms with Gasteiger partial charge in [-0.2, -0.15) is 0 Å². The van der Waals surface area contributed by atoms with Gasteiger partial charge >= 0.3 is 0 Å². The Morgan fingerprint density at radius 3 is 3.00 bits per heavy atom. The van der Waals surface area contributed by atoms with Gasteiger partial charge in [0.1, 0.15) is 11.9 Å². The topological polar surface area (TPSA) is 56.2 Å². The van der Waals surface area contributed by atoms with E-state index in [0.29, 0.717) is 0 Å². The molecule has 1 fully saturated rings. The molecule has 1 N–H and O–H groups in total. The number of carbonyl (C=O) groups is 1. The number of amides is 1. The second-order valence-electron chi connectivity index (χ2n) is 6.77. The van der Waals surface area contributed by atoms with Crippen molar-refractivity contribution in [2.45, 2.75) is 64.5 Å². The molecule has 1 unspecified atom stereocenters. The highest BCUT2D eigenvalue weighted by molar-refractivity contribution is 5.80. The number of imidazole rings is 1. The molecule has 1 aliphatic heterocycles. The van der Waals surface area contributed by atoms with Crippen LogP contribution in [0.5, 0.6) is 0 Å². The van der Waals surface area contributed by atoms with Crippen LogP contribution in [0.3, 0.4) is 0 Å². The molecule has 0 aliphatic carbocycles. The molecule has 5 heteroatoms. The Labute approximate surface area is 149 Å². The maximum atomic E-state index is 11.9. The van der Waals surface area contributed by atoms with E-state index >= 15 is 0 Å². The Morgan fingerprint density at radius 1 is 1.32 bits per heavy atom. The summed E-state index contributed by atoms with van der Waals surface area (Å²) in [7, 11) is 0. The number of aromatic nitrogens is 2. The lowest BCUT2D eigenvalue weighted by molar-refractivity contribution is -0.130. The summed E-state index contributed by atoms with van der Waals surface area (Å²) in [5.41, 5.74) is 2.33. The van der Waals surface area contributed by atoms with Gasteiger partial charge in [-0.3, -0.25) is 4.79 Å². The van der Waals surface area contributed by atoms with E-state index in [-0.39, 0.29) is 12.0 Å². The van der Waals surface area contributed by atoms with Crippen molar-refractivity contribution >= 4 is 16.9 Å². The van der Waals surface area contributed by atoms with Crippen molar-refractivity contribution in [2.24, 2.45) is 0 Å². The van der Waals surface area contributed by atoms with E-state index in [2.05, 4.69) is 35.0 Å². The first kappa shape index (κ1) is 17.9. The van der Waals surface area contributed by atoms with E-state index in [1.54, 1.807) is 0 Å². The molecule has 1 atom stereocenters. The highest BCUT2D eigenvalue weighted by Gasteiger charge is 2.22. The first-order chi connectivity index (χ1) is 12.3. The molecule has 136 valence electrons. The van der Waals surface area contributed by atoms with Crippen molar-refractivity contribution in [2.75, 3.05) is 13.2 Å². The van der Waals surface area contributed by atoms with E-state index in [9.17, 15) is 4.79 Å². The average molecular weight is 343 g/mol. The maximum absolute atomic E-state index is 11.9. The zero-order chi connectivity index (χ0) is 17.5. The van der Waals surface area contributed by atoms with E-state index in [1.165, 1.54) is 11.3 Å². The summed E-state index contributed by atoms with van der Waals surface area (Å²) in [5, 5.41) is 2.99. The Kier molecular flexibility index (Phi) is 6.45. The van der Waals surface area contributed by atoms with Gasteiger partial charge in [-0.15, -0.1) is 0 Å². The second kappa shape index (κ2) is 8.99. The van der Waals surface area contributed by atoms with E-state index in [4.69, 9.17) is 9.72 Å². The minimum Gasteiger partial charge on any atom is -0.368 e. The third-order valence-electron chi connectivity index (χ3n) is 4.78. The third-order valence-corrected chi connectivity index (χ3v) is 4.78. The number of rotatable bonds is 9. The fraction of sp³-hybridized carbons (Fsp3) is 0.600. The van der Waals surface area contributed by atoms with Gasteiger partial charge in [-0.05, 0) is 44.2 Å². The van der Waals surface area contributed by atoms with Gasteiger partial charge in [0.25, 0.3) is 0 Å². The number of aryl methyl sites for hydroxylation is 2. The Hall–Kier alpha value is -1.88. The number of nitrogens with zero attached hydrogens (tertiary/aromatic N) is 2. The van der Waals surface area contributed by atoms with Crippen LogP contribution in [-0.4, -0.2) is 34.7 Å². The van der Waals surface area contributed by atoms with Crippen molar-refractivity contribution in [1.82, 2.24) is 14.9 Å². The molecular formula is C20H29N3O2.